The Morgan fingerprint density at radius 1 is 1.26 bits per heavy atom. The fourth-order valence-corrected chi connectivity index (χ4v) is 5.25. The van der Waals surface area contributed by atoms with Crippen LogP contribution < -0.4 is 5.32 Å². The van der Waals surface area contributed by atoms with Crippen LogP contribution in [-0.4, -0.2) is 23.5 Å². The number of carbonyl (C=O) groups is 2. The van der Waals surface area contributed by atoms with Gasteiger partial charge in [0, 0.05) is 0 Å². The lowest BCUT2D eigenvalue weighted by molar-refractivity contribution is -0.140. The van der Waals surface area contributed by atoms with Crippen molar-refractivity contribution in [1.82, 2.24) is 4.98 Å². The van der Waals surface area contributed by atoms with E-state index in [0.717, 1.165) is 19.3 Å². The van der Waals surface area contributed by atoms with Crippen LogP contribution in [0.4, 0.5) is 6.01 Å². The minimum Gasteiger partial charge on any atom is -0.461 e. The van der Waals surface area contributed by atoms with Crippen LogP contribution in [0.15, 0.2) is 10.7 Å². The molecule has 1 N–H and O–H groups in total. The zero-order valence-corrected chi connectivity index (χ0v) is 13.3. The number of nitrogens with zero attached hydrogens (tertiary/aromatic N) is 1. The van der Waals surface area contributed by atoms with Crippen molar-refractivity contribution in [3.05, 3.63) is 12.0 Å². The molecule has 1 aromatic heterocycles. The van der Waals surface area contributed by atoms with Crippen molar-refractivity contribution in [3.8, 4) is 0 Å². The summed E-state index contributed by atoms with van der Waals surface area (Å²) in [7, 11) is 0. The second-order valence-electron chi connectivity index (χ2n) is 7.41. The fourth-order valence-electron chi connectivity index (χ4n) is 5.25. The predicted molar refractivity (Wildman–Crippen MR) is 81.7 cm³/mol. The summed E-state index contributed by atoms with van der Waals surface area (Å²) in [4.78, 5) is 28.5. The molecule has 0 aliphatic heterocycles. The van der Waals surface area contributed by atoms with Gasteiger partial charge in [-0.25, -0.2) is 4.79 Å². The van der Waals surface area contributed by atoms with E-state index >= 15 is 0 Å². The Labute approximate surface area is 135 Å². The second-order valence-corrected chi connectivity index (χ2v) is 7.41. The zero-order valence-electron chi connectivity index (χ0n) is 13.3. The van der Waals surface area contributed by atoms with E-state index in [0.29, 0.717) is 17.8 Å². The summed E-state index contributed by atoms with van der Waals surface area (Å²) in [6, 6.07) is 0.0915. The maximum Gasteiger partial charge on any atom is 0.360 e. The molecule has 23 heavy (non-hydrogen) atoms. The first-order valence-corrected chi connectivity index (χ1v) is 8.52. The number of hydrogen-bond acceptors (Lipinski definition) is 5. The molecule has 124 valence electrons. The molecule has 6 heteroatoms. The van der Waals surface area contributed by atoms with Gasteiger partial charge in [0.25, 0.3) is 0 Å². The average Bonchev–Trinajstić information content (AvgIpc) is 2.94. The van der Waals surface area contributed by atoms with Crippen molar-refractivity contribution in [2.45, 2.75) is 45.4 Å². The summed E-state index contributed by atoms with van der Waals surface area (Å²) in [5.74, 6) is 1.57. The zero-order chi connectivity index (χ0) is 16.0. The first-order chi connectivity index (χ1) is 11.1. The van der Waals surface area contributed by atoms with E-state index in [1.165, 1.54) is 25.5 Å². The van der Waals surface area contributed by atoms with Crippen molar-refractivity contribution in [2.75, 3.05) is 11.9 Å². The maximum absolute atomic E-state index is 12.8. The van der Waals surface area contributed by atoms with Crippen LogP contribution in [-0.2, 0) is 9.53 Å². The minimum absolute atomic E-state index is 0.00820. The molecule has 1 heterocycles. The number of anilines is 1. The highest BCUT2D eigenvalue weighted by Crippen LogP contribution is 2.60. The van der Waals surface area contributed by atoms with Gasteiger partial charge in [0.05, 0.1) is 12.0 Å². The molecule has 0 atom stereocenters. The van der Waals surface area contributed by atoms with Crippen LogP contribution in [0.3, 0.4) is 0 Å². The summed E-state index contributed by atoms with van der Waals surface area (Å²) in [6.45, 7) is 2.01. The van der Waals surface area contributed by atoms with Gasteiger partial charge >= 0.3 is 12.0 Å². The van der Waals surface area contributed by atoms with Gasteiger partial charge in [-0.15, -0.1) is 0 Å². The summed E-state index contributed by atoms with van der Waals surface area (Å²) in [6.07, 6.45) is 8.05. The smallest absolute Gasteiger partial charge is 0.360 e. The number of carbonyl (C=O) groups excluding carboxylic acids is 2. The third-order valence-corrected chi connectivity index (χ3v) is 5.73. The number of nitrogens with one attached hydrogen (secondary N) is 1. The Hall–Kier alpha value is -1.85. The largest absolute Gasteiger partial charge is 0.461 e. The highest BCUT2D eigenvalue weighted by Gasteiger charge is 2.54. The molecule has 4 fully saturated rings. The van der Waals surface area contributed by atoms with E-state index < -0.39 is 5.97 Å². The number of rotatable bonds is 4. The summed E-state index contributed by atoms with van der Waals surface area (Å²) in [5.41, 5.74) is -0.166. The normalized spacial score (nSPS) is 34.4. The van der Waals surface area contributed by atoms with Gasteiger partial charge in [0.15, 0.2) is 5.69 Å². The van der Waals surface area contributed by atoms with Crippen LogP contribution in [0.5, 0.6) is 0 Å². The summed E-state index contributed by atoms with van der Waals surface area (Å²) < 4.78 is 10.1. The van der Waals surface area contributed by atoms with Crippen LogP contribution in [0.1, 0.15) is 55.9 Å². The first-order valence-electron chi connectivity index (χ1n) is 8.52. The molecule has 5 rings (SSSR count). The Kier molecular flexibility index (Phi) is 3.43. The molecule has 1 amide bonds. The lowest BCUT2D eigenvalue weighted by Crippen LogP contribution is -2.51. The lowest BCUT2D eigenvalue weighted by atomic mass is 9.49. The third-order valence-electron chi connectivity index (χ3n) is 5.73. The molecular formula is C17H22N2O4. The van der Waals surface area contributed by atoms with Gasteiger partial charge in [-0.3, -0.25) is 10.1 Å². The molecule has 4 saturated carbocycles. The molecular weight excluding hydrogens is 296 g/mol. The topological polar surface area (TPSA) is 81.4 Å². The Morgan fingerprint density at radius 2 is 1.87 bits per heavy atom. The first kappa shape index (κ1) is 14.7. The van der Waals surface area contributed by atoms with Gasteiger partial charge < -0.3 is 9.15 Å². The van der Waals surface area contributed by atoms with Crippen LogP contribution in [0.25, 0.3) is 0 Å². The fraction of sp³-hybridized carbons (Fsp3) is 0.706. The quantitative estimate of drug-likeness (QED) is 0.863. The molecule has 4 aliphatic rings. The van der Waals surface area contributed by atoms with Crippen molar-refractivity contribution in [3.63, 3.8) is 0 Å². The molecule has 4 bridgehead atoms. The molecule has 0 aromatic carbocycles. The van der Waals surface area contributed by atoms with E-state index in [1.54, 1.807) is 6.92 Å². The molecule has 0 unspecified atom stereocenters. The Balaban J connectivity index is 1.47. The van der Waals surface area contributed by atoms with Crippen LogP contribution in [0, 0.1) is 23.2 Å². The van der Waals surface area contributed by atoms with Crippen LogP contribution in [0.2, 0.25) is 0 Å². The van der Waals surface area contributed by atoms with Crippen molar-refractivity contribution >= 4 is 17.9 Å². The van der Waals surface area contributed by atoms with E-state index in [1.807, 2.05) is 0 Å². The van der Waals surface area contributed by atoms with E-state index in [2.05, 4.69) is 10.3 Å². The average molecular weight is 318 g/mol. The van der Waals surface area contributed by atoms with E-state index in [-0.39, 0.29) is 29.6 Å². The second kappa shape index (κ2) is 5.35. The number of esters is 1. The summed E-state index contributed by atoms with van der Waals surface area (Å²) >= 11 is 0. The third kappa shape index (κ3) is 2.54. The lowest BCUT2D eigenvalue weighted by Gasteiger charge is -2.55. The molecule has 1 aromatic rings. The molecule has 0 spiro atoms. The Bertz CT molecular complexity index is 601. The number of aromatic nitrogens is 1. The van der Waals surface area contributed by atoms with Gasteiger partial charge in [-0.05, 0) is 63.2 Å². The van der Waals surface area contributed by atoms with E-state index in [9.17, 15) is 9.59 Å². The van der Waals surface area contributed by atoms with Gasteiger partial charge in [0.1, 0.15) is 6.26 Å². The van der Waals surface area contributed by atoms with Gasteiger partial charge in [-0.1, -0.05) is 0 Å². The highest BCUT2D eigenvalue weighted by atomic mass is 16.5. The molecule has 0 saturated heterocycles. The standard InChI is InChI=1S/C17H22N2O4/c1-2-22-14(20)13-9-23-16(18-13)19-15(21)17-6-10-3-11(7-17)5-12(4-10)8-17/h9-12H,2-8H2,1H3,(H,18,19,21). The SMILES string of the molecule is CCOC(=O)c1coc(NC(=O)C23CC4CC(CC(C4)C2)C3)n1. The van der Waals surface area contributed by atoms with Crippen molar-refractivity contribution in [2.24, 2.45) is 23.2 Å². The molecule has 4 aliphatic carbocycles. The number of ether oxygens (including phenoxy) is 1. The van der Waals surface area contributed by atoms with Crippen LogP contribution >= 0.6 is 0 Å². The number of oxazole rings is 1. The Morgan fingerprint density at radius 3 is 2.43 bits per heavy atom. The minimum atomic E-state index is -0.536. The predicted octanol–water partition coefficient (Wildman–Crippen LogP) is 3.01. The van der Waals surface area contributed by atoms with E-state index in [4.69, 9.17) is 9.15 Å². The van der Waals surface area contributed by atoms with Gasteiger partial charge in [-0.2, -0.15) is 4.98 Å². The van der Waals surface area contributed by atoms with Crippen molar-refractivity contribution in [1.29, 1.82) is 0 Å². The highest BCUT2D eigenvalue weighted by molar-refractivity contribution is 5.94. The number of hydrogen-bond donors (Lipinski definition) is 1. The van der Waals surface area contributed by atoms with Crippen molar-refractivity contribution < 1.29 is 18.7 Å². The van der Waals surface area contributed by atoms with Gasteiger partial charge in [0.2, 0.25) is 5.91 Å². The summed E-state index contributed by atoms with van der Waals surface area (Å²) in [5, 5.41) is 2.79. The maximum atomic E-state index is 12.8. The molecule has 6 nitrogen and oxygen atoms in total. The molecule has 0 radical (unpaired) electrons. The number of amides is 1. The monoisotopic (exact) mass is 318 g/mol.